The molecule has 0 saturated heterocycles. The number of nitrogens with one attached hydrogen (secondary N) is 2. The van der Waals surface area contributed by atoms with Gasteiger partial charge in [-0.1, -0.05) is 0 Å². The molecular weight excluding hydrogens is 370 g/mol. The Bertz CT molecular complexity index is 975. The van der Waals surface area contributed by atoms with Gasteiger partial charge in [0.05, 0.1) is 26.0 Å². The van der Waals surface area contributed by atoms with Crippen LogP contribution in [0.5, 0.6) is 11.8 Å². The van der Waals surface area contributed by atoms with Gasteiger partial charge in [-0.3, -0.25) is 0 Å². The number of hydrogen-bond acceptors (Lipinski definition) is 5. The van der Waals surface area contributed by atoms with Crippen LogP contribution in [-0.2, 0) is 0 Å². The zero-order chi connectivity index (χ0) is 20.1. The fraction of sp³-hybridized carbons (Fsp3) is 0.105. The Balaban J connectivity index is 1.71. The van der Waals surface area contributed by atoms with Gasteiger partial charge >= 0.3 is 6.03 Å². The standard InChI is InChI=1S/C19H16F2N4O3/c1-27-16-10-17(28-2)25-18(24-16)11-3-6-13(7-4-11)22-19(26)23-15-8-5-12(20)9-14(15)21/h3-10H,1-2H3,(H2,22,23,26). The fourth-order valence-corrected chi connectivity index (χ4v) is 2.32. The van der Waals surface area contributed by atoms with Crippen molar-refractivity contribution >= 4 is 17.4 Å². The second-order valence-electron chi connectivity index (χ2n) is 5.56. The molecule has 0 spiro atoms. The number of halogens is 2. The maximum absolute atomic E-state index is 13.6. The van der Waals surface area contributed by atoms with E-state index in [2.05, 4.69) is 20.6 Å². The van der Waals surface area contributed by atoms with E-state index in [0.29, 0.717) is 34.9 Å². The Morgan fingerprint density at radius 2 is 1.54 bits per heavy atom. The minimum Gasteiger partial charge on any atom is -0.481 e. The van der Waals surface area contributed by atoms with Gasteiger partial charge in [-0.25, -0.2) is 13.6 Å². The number of anilines is 2. The molecule has 144 valence electrons. The summed E-state index contributed by atoms with van der Waals surface area (Å²) in [6, 6.07) is 10.4. The molecule has 0 aliphatic heterocycles. The second-order valence-corrected chi connectivity index (χ2v) is 5.56. The van der Waals surface area contributed by atoms with Crippen LogP contribution in [-0.4, -0.2) is 30.2 Å². The molecule has 2 aromatic carbocycles. The lowest BCUT2D eigenvalue weighted by Gasteiger charge is -2.10. The van der Waals surface area contributed by atoms with Crippen LogP contribution in [0.25, 0.3) is 11.4 Å². The van der Waals surface area contributed by atoms with Gasteiger partial charge in [0, 0.05) is 17.3 Å². The fourth-order valence-electron chi connectivity index (χ4n) is 2.32. The smallest absolute Gasteiger partial charge is 0.323 e. The lowest BCUT2D eigenvalue weighted by Crippen LogP contribution is -2.20. The molecule has 2 amide bonds. The molecule has 0 fully saturated rings. The molecule has 0 unspecified atom stereocenters. The molecule has 2 N–H and O–H groups in total. The molecule has 1 heterocycles. The first-order chi connectivity index (χ1) is 13.5. The molecule has 0 radical (unpaired) electrons. The van der Waals surface area contributed by atoms with Crippen molar-refractivity contribution < 1.29 is 23.0 Å². The van der Waals surface area contributed by atoms with Crippen molar-refractivity contribution in [2.45, 2.75) is 0 Å². The first-order valence-electron chi connectivity index (χ1n) is 8.09. The molecule has 0 aliphatic rings. The van der Waals surface area contributed by atoms with Crippen LogP contribution in [0.3, 0.4) is 0 Å². The van der Waals surface area contributed by atoms with Crippen molar-refractivity contribution in [1.82, 2.24) is 9.97 Å². The third-order valence-electron chi connectivity index (χ3n) is 3.68. The van der Waals surface area contributed by atoms with Gasteiger partial charge in [0.15, 0.2) is 5.82 Å². The highest BCUT2D eigenvalue weighted by atomic mass is 19.1. The van der Waals surface area contributed by atoms with Crippen LogP contribution in [0.15, 0.2) is 48.5 Å². The number of methoxy groups -OCH3 is 2. The van der Waals surface area contributed by atoms with Crippen LogP contribution in [0.4, 0.5) is 25.0 Å². The Hall–Kier alpha value is -3.75. The highest BCUT2D eigenvalue weighted by molar-refractivity contribution is 5.99. The predicted octanol–water partition coefficient (Wildman–Crippen LogP) is 4.08. The summed E-state index contributed by atoms with van der Waals surface area (Å²) in [5.41, 5.74) is 0.999. The zero-order valence-corrected chi connectivity index (χ0v) is 15.0. The molecule has 0 saturated carbocycles. The molecule has 7 nitrogen and oxygen atoms in total. The molecule has 28 heavy (non-hydrogen) atoms. The van der Waals surface area contributed by atoms with Crippen molar-refractivity contribution in [2.24, 2.45) is 0 Å². The lowest BCUT2D eigenvalue weighted by molar-refractivity contribution is 0.262. The number of aromatic nitrogens is 2. The van der Waals surface area contributed by atoms with E-state index >= 15 is 0 Å². The number of benzene rings is 2. The topological polar surface area (TPSA) is 85.4 Å². The first-order valence-corrected chi connectivity index (χ1v) is 8.09. The number of hydrogen-bond donors (Lipinski definition) is 2. The van der Waals surface area contributed by atoms with Gasteiger partial charge in [0.1, 0.15) is 11.6 Å². The quantitative estimate of drug-likeness (QED) is 0.690. The van der Waals surface area contributed by atoms with E-state index in [-0.39, 0.29) is 5.69 Å². The highest BCUT2D eigenvalue weighted by Crippen LogP contribution is 2.24. The van der Waals surface area contributed by atoms with Crippen molar-refractivity contribution in [3.63, 3.8) is 0 Å². The van der Waals surface area contributed by atoms with E-state index in [9.17, 15) is 13.6 Å². The molecule has 3 aromatic rings. The van der Waals surface area contributed by atoms with E-state index in [4.69, 9.17) is 9.47 Å². The lowest BCUT2D eigenvalue weighted by atomic mass is 10.2. The number of nitrogens with zero attached hydrogens (tertiary/aromatic N) is 2. The van der Waals surface area contributed by atoms with Crippen LogP contribution in [0.2, 0.25) is 0 Å². The summed E-state index contributed by atoms with van der Waals surface area (Å²) in [6.45, 7) is 0. The Morgan fingerprint density at radius 3 is 2.11 bits per heavy atom. The number of carbonyl (C=O) groups is 1. The summed E-state index contributed by atoms with van der Waals surface area (Å²) in [5.74, 6) is -0.500. The molecule has 1 aromatic heterocycles. The van der Waals surface area contributed by atoms with E-state index in [1.807, 2.05) is 0 Å². The monoisotopic (exact) mass is 386 g/mol. The number of amides is 2. The van der Waals surface area contributed by atoms with Crippen LogP contribution < -0.4 is 20.1 Å². The summed E-state index contributed by atoms with van der Waals surface area (Å²) in [5, 5.41) is 4.87. The number of carbonyl (C=O) groups excluding carboxylic acids is 1. The summed E-state index contributed by atoms with van der Waals surface area (Å²) in [6.07, 6.45) is 0. The summed E-state index contributed by atoms with van der Waals surface area (Å²) >= 11 is 0. The van der Waals surface area contributed by atoms with Crippen LogP contribution in [0.1, 0.15) is 0 Å². The third kappa shape index (κ3) is 4.50. The predicted molar refractivity (Wildman–Crippen MR) is 99.6 cm³/mol. The highest BCUT2D eigenvalue weighted by Gasteiger charge is 2.10. The number of ether oxygens (including phenoxy) is 2. The van der Waals surface area contributed by atoms with Crippen molar-refractivity contribution in [3.05, 3.63) is 60.2 Å². The third-order valence-corrected chi connectivity index (χ3v) is 3.68. The molecule has 0 bridgehead atoms. The summed E-state index contributed by atoms with van der Waals surface area (Å²) in [7, 11) is 2.97. The Kier molecular flexibility index (Phi) is 5.64. The average Bonchev–Trinajstić information content (AvgIpc) is 2.70. The zero-order valence-electron chi connectivity index (χ0n) is 15.0. The average molecular weight is 386 g/mol. The second kappa shape index (κ2) is 8.30. The summed E-state index contributed by atoms with van der Waals surface area (Å²) < 4.78 is 36.7. The van der Waals surface area contributed by atoms with Crippen molar-refractivity contribution in [3.8, 4) is 23.1 Å². The van der Waals surface area contributed by atoms with Crippen LogP contribution in [0, 0.1) is 11.6 Å². The van der Waals surface area contributed by atoms with Gasteiger partial charge in [-0.2, -0.15) is 9.97 Å². The summed E-state index contributed by atoms with van der Waals surface area (Å²) in [4.78, 5) is 20.5. The van der Waals surface area contributed by atoms with Crippen molar-refractivity contribution in [2.75, 3.05) is 24.9 Å². The van der Waals surface area contributed by atoms with Gasteiger partial charge in [0.25, 0.3) is 0 Å². The Labute approximate surface area is 159 Å². The van der Waals surface area contributed by atoms with Gasteiger partial charge < -0.3 is 20.1 Å². The molecular formula is C19H16F2N4O3. The molecule has 0 aliphatic carbocycles. The Morgan fingerprint density at radius 1 is 0.893 bits per heavy atom. The molecule has 0 atom stereocenters. The molecule has 9 heteroatoms. The van der Waals surface area contributed by atoms with Gasteiger partial charge in [-0.05, 0) is 36.4 Å². The van der Waals surface area contributed by atoms with E-state index < -0.39 is 17.7 Å². The van der Waals surface area contributed by atoms with Gasteiger partial charge in [0.2, 0.25) is 11.8 Å². The maximum Gasteiger partial charge on any atom is 0.323 e. The van der Waals surface area contributed by atoms with Gasteiger partial charge in [-0.15, -0.1) is 0 Å². The first kappa shape index (κ1) is 19.0. The SMILES string of the molecule is COc1cc(OC)nc(-c2ccc(NC(=O)Nc3ccc(F)cc3F)cc2)n1. The van der Waals surface area contributed by atoms with Crippen LogP contribution >= 0.6 is 0 Å². The normalized spacial score (nSPS) is 10.3. The minimum absolute atomic E-state index is 0.132. The van der Waals surface area contributed by atoms with E-state index in [1.165, 1.54) is 14.2 Å². The number of rotatable bonds is 5. The van der Waals surface area contributed by atoms with E-state index in [1.54, 1.807) is 30.3 Å². The van der Waals surface area contributed by atoms with E-state index in [0.717, 1.165) is 12.1 Å². The number of urea groups is 1. The largest absolute Gasteiger partial charge is 0.481 e. The van der Waals surface area contributed by atoms with Crippen molar-refractivity contribution in [1.29, 1.82) is 0 Å². The minimum atomic E-state index is -0.866. The molecule has 3 rings (SSSR count). The maximum atomic E-state index is 13.6.